The van der Waals surface area contributed by atoms with Crippen molar-refractivity contribution in [3.05, 3.63) is 106 Å². The number of nitrogens with one attached hydrogen (secondary N) is 1. The van der Waals surface area contributed by atoms with Crippen LogP contribution in [-0.4, -0.2) is 35.1 Å². The molecule has 2 amide bonds. The van der Waals surface area contributed by atoms with Gasteiger partial charge in [0.1, 0.15) is 6.04 Å². The Morgan fingerprint density at radius 1 is 0.914 bits per heavy atom. The Labute approximate surface area is 218 Å². The zero-order valence-corrected chi connectivity index (χ0v) is 21.9. The van der Waals surface area contributed by atoms with E-state index in [2.05, 4.69) is 36.5 Å². The monoisotopic (exact) mass is 508 g/mol. The first-order valence-electron chi connectivity index (χ1n) is 11.9. The van der Waals surface area contributed by atoms with Crippen LogP contribution >= 0.6 is 23.4 Å². The standard InChI is InChI=1S/C29H33ClN2O2S/c1-3-17-31-29(34)27(18-23-7-5-4-6-8-23)32(19-24-13-15-26(30)16-14-24)28(33)21-35-20-25-11-9-22(2)10-12-25/h4-16,27H,3,17-21H2,1-2H3,(H,31,34). The second-order valence-electron chi connectivity index (χ2n) is 8.62. The van der Waals surface area contributed by atoms with E-state index < -0.39 is 6.04 Å². The summed E-state index contributed by atoms with van der Waals surface area (Å²) in [5.74, 6) is 0.867. The van der Waals surface area contributed by atoms with Gasteiger partial charge in [-0.1, -0.05) is 90.8 Å². The van der Waals surface area contributed by atoms with Crippen LogP contribution in [0.5, 0.6) is 0 Å². The lowest BCUT2D eigenvalue weighted by Crippen LogP contribution is -2.51. The molecule has 0 radical (unpaired) electrons. The maximum atomic E-state index is 13.6. The number of hydrogen-bond donors (Lipinski definition) is 1. The number of halogens is 1. The van der Waals surface area contributed by atoms with Crippen molar-refractivity contribution in [3.8, 4) is 0 Å². The van der Waals surface area contributed by atoms with Crippen molar-refractivity contribution in [1.29, 1.82) is 0 Å². The van der Waals surface area contributed by atoms with Crippen molar-refractivity contribution in [1.82, 2.24) is 10.2 Å². The van der Waals surface area contributed by atoms with Gasteiger partial charge in [0.2, 0.25) is 11.8 Å². The summed E-state index contributed by atoms with van der Waals surface area (Å²) in [6, 6.07) is 25.1. The van der Waals surface area contributed by atoms with Crippen LogP contribution in [0.2, 0.25) is 5.02 Å². The van der Waals surface area contributed by atoms with Gasteiger partial charge in [-0.05, 0) is 42.2 Å². The van der Waals surface area contributed by atoms with Gasteiger partial charge in [-0.15, -0.1) is 11.8 Å². The summed E-state index contributed by atoms with van der Waals surface area (Å²) >= 11 is 7.65. The van der Waals surface area contributed by atoms with Gasteiger partial charge < -0.3 is 10.2 Å². The van der Waals surface area contributed by atoms with E-state index in [-0.39, 0.29) is 11.8 Å². The van der Waals surface area contributed by atoms with Gasteiger partial charge in [0.05, 0.1) is 5.75 Å². The third-order valence-corrected chi connectivity index (χ3v) is 6.94. The molecule has 1 atom stereocenters. The Hall–Kier alpha value is -2.76. The van der Waals surface area contributed by atoms with Crippen molar-refractivity contribution in [2.75, 3.05) is 12.3 Å². The summed E-state index contributed by atoms with van der Waals surface area (Å²) in [6.45, 7) is 5.00. The SMILES string of the molecule is CCCNC(=O)C(Cc1ccccc1)N(Cc1ccc(Cl)cc1)C(=O)CSCc1ccc(C)cc1. The number of carbonyl (C=O) groups excluding carboxylic acids is 2. The minimum absolute atomic E-state index is 0.0513. The van der Waals surface area contributed by atoms with Gasteiger partial charge in [-0.2, -0.15) is 0 Å². The van der Waals surface area contributed by atoms with Gasteiger partial charge in [-0.25, -0.2) is 0 Å². The Bertz CT molecular complexity index is 1070. The fourth-order valence-corrected chi connectivity index (χ4v) is 4.73. The molecule has 3 aromatic rings. The lowest BCUT2D eigenvalue weighted by atomic mass is 10.0. The van der Waals surface area contributed by atoms with Gasteiger partial charge in [0.15, 0.2) is 0 Å². The average Bonchev–Trinajstić information content (AvgIpc) is 2.87. The first kappa shape index (κ1) is 26.8. The van der Waals surface area contributed by atoms with E-state index >= 15 is 0 Å². The highest BCUT2D eigenvalue weighted by atomic mass is 35.5. The lowest BCUT2D eigenvalue weighted by Gasteiger charge is -2.31. The first-order chi connectivity index (χ1) is 17.0. The van der Waals surface area contributed by atoms with Crippen LogP contribution in [0, 0.1) is 6.92 Å². The summed E-state index contributed by atoms with van der Waals surface area (Å²) in [5.41, 5.74) is 4.35. The quantitative estimate of drug-likeness (QED) is 0.324. The predicted octanol–water partition coefficient (Wildman–Crippen LogP) is 6.05. The Morgan fingerprint density at radius 2 is 1.57 bits per heavy atom. The minimum Gasteiger partial charge on any atom is -0.354 e. The molecule has 0 spiro atoms. The van der Waals surface area contributed by atoms with Crippen LogP contribution < -0.4 is 5.32 Å². The molecule has 1 N–H and O–H groups in total. The molecule has 0 saturated carbocycles. The average molecular weight is 509 g/mol. The number of carbonyl (C=O) groups is 2. The largest absolute Gasteiger partial charge is 0.354 e. The van der Waals surface area contributed by atoms with Crippen LogP contribution in [0.15, 0.2) is 78.9 Å². The first-order valence-corrected chi connectivity index (χ1v) is 13.5. The molecule has 0 aliphatic rings. The molecule has 0 heterocycles. The molecule has 4 nitrogen and oxygen atoms in total. The Morgan fingerprint density at radius 3 is 2.23 bits per heavy atom. The summed E-state index contributed by atoms with van der Waals surface area (Å²) in [4.78, 5) is 28.6. The second-order valence-corrected chi connectivity index (χ2v) is 10.0. The maximum absolute atomic E-state index is 13.6. The lowest BCUT2D eigenvalue weighted by molar-refractivity contribution is -0.139. The van der Waals surface area contributed by atoms with Crippen molar-refractivity contribution in [3.63, 3.8) is 0 Å². The highest BCUT2D eigenvalue weighted by Gasteiger charge is 2.30. The van der Waals surface area contributed by atoms with E-state index in [1.165, 1.54) is 11.1 Å². The Kier molecular flexibility index (Phi) is 10.7. The number of aryl methyl sites for hydroxylation is 1. The van der Waals surface area contributed by atoms with Crippen molar-refractivity contribution in [2.45, 2.75) is 45.0 Å². The molecule has 35 heavy (non-hydrogen) atoms. The predicted molar refractivity (Wildman–Crippen MR) is 147 cm³/mol. The fraction of sp³-hybridized carbons (Fsp3) is 0.310. The van der Waals surface area contributed by atoms with E-state index in [1.54, 1.807) is 16.7 Å². The minimum atomic E-state index is -0.605. The van der Waals surface area contributed by atoms with Crippen LogP contribution in [0.4, 0.5) is 0 Å². The molecule has 6 heteroatoms. The number of thioether (sulfide) groups is 1. The molecule has 3 rings (SSSR count). The number of nitrogens with zero attached hydrogens (tertiary/aromatic N) is 1. The number of benzene rings is 3. The third-order valence-electron chi connectivity index (χ3n) is 5.70. The molecule has 0 bridgehead atoms. The van der Waals surface area contributed by atoms with E-state index in [0.29, 0.717) is 30.3 Å². The smallest absolute Gasteiger partial charge is 0.243 e. The molecular formula is C29H33ClN2O2S. The van der Waals surface area contributed by atoms with E-state index in [9.17, 15) is 9.59 Å². The van der Waals surface area contributed by atoms with Gasteiger partial charge in [0.25, 0.3) is 0 Å². The summed E-state index contributed by atoms with van der Waals surface area (Å²) in [6.07, 6.45) is 1.29. The number of amides is 2. The van der Waals surface area contributed by atoms with E-state index in [4.69, 9.17) is 11.6 Å². The van der Waals surface area contributed by atoms with Crippen LogP contribution in [0.1, 0.15) is 35.6 Å². The Balaban J connectivity index is 1.81. The molecule has 3 aromatic carbocycles. The highest BCUT2D eigenvalue weighted by molar-refractivity contribution is 7.99. The summed E-state index contributed by atoms with van der Waals surface area (Å²) in [7, 11) is 0. The zero-order chi connectivity index (χ0) is 25.0. The molecule has 0 aliphatic heterocycles. The molecular weight excluding hydrogens is 476 g/mol. The van der Waals surface area contributed by atoms with Gasteiger partial charge in [-0.3, -0.25) is 9.59 Å². The molecule has 0 aromatic heterocycles. The van der Waals surface area contributed by atoms with Crippen LogP contribution in [-0.2, 0) is 28.3 Å². The molecule has 0 fully saturated rings. The van der Waals surface area contributed by atoms with Gasteiger partial charge >= 0.3 is 0 Å². The maximum Gasteiger partial charge on any atom is 0.243 e. The molecule has 1 unspecified atom stereocenters. The van der Waals surface area contributed by atoms with Crippen LogP contribution in [0.3, 0.4) is 0 Å². The van der Waals surface area contributed by atoms with Crippen molar-refractivity contribution >= 4 is 35.2 Å². The topological polar surface area (TPSA) is 49.4 Å². The van der Waals surface area contributed by atoms with E-state index in [0.717, 1.165) is 23.3 Å². The summed E-state index contributed by atoms with van der Waals surface area (Å²) in [5, 5.41) is 3.65. The second kappa shape index (κ2) is 14.0. The van der Waals surface area contributed by atoms with E-state index in [1.807, 2.05) is 61.5 Å². The number of rotatable bonds is 12. The number of hydrogen-bond acceptors (Lipinski definition) is 3. The summed E-state index contributed by atoms with van der Waals surface area (Å²) < 4.78 is 0. The molecule has 0 saturated heterocycles. The third kappa shape index (κ3) is 8.75. The fourth-order valence-electron chi connectivity index (χ4n) is 3.73. The van der Waals surface area contributed by atoms with Crippen molar-refractivity contribution in [2.24, 2.45) is 0 Å². The van der Waals surface area contributed by atoms with Crippen molar-refractivity contribution < 1.29 is 9.59 Å². The van der Waals surface area contributed by atoms with Crippen LogP contribution in [0.25, 0.3) is 0 Å². The molecule has 184 valence electrons. The molecule has 0 aliphatic carbocycles. The highest BCUT2D eigenvalue weighted by Crippen LogP contribution is 2.20. The van der Waals surface area contributed by atoms with Gasteiger partial charge in [0, 0.05) is 30.3 Å². The zero-order valence-electron chi connectivity index (χ0n) is 20.4. The normalized spacial score (nSPS) is 11.6.